The SMILES string of the molecule is C[C@H]1CCCCN1CCCNC(=S)Nc1ccccc1F. The van der Waals surface area contributed by atoms with E-state index >= 15 is 0 Å². The number of thiocarbonyl (C=S) groups is 1. The monoisotopic (exact) mass is 309 g/mol. The van der Waals surface area contributed by atoms with E-state index < -0.39 is 0 Å². The van der Waals surface area contributed by atoms with Crippen molar-refractivity contribution < 1.29 is 4.39 Å². The number of halogens is 1. The number of nitrogens with one attached hydrogen (secondary N) is 2. The largest absolute Gasteiger partial charge is 0.362 e. The molecule has 21 heavy (non-hydrogen) atoms. The van der Waals surface area contributed by atoms with Gasteiger partial charge in [-0.05, 0) is 57.1 Å². The minimum atomic E-state index is -0.288. The molecule has 0 aromatic heterocycles. The van der Waals surface area contributed by atoms with Crippen molar-refractivity contribution in [1.82, 2.24) is 10.2 Å². The Kier molecular flexibility index (Phi) is 6.39. The van der Waals surface area contributed by atoms with Gasteiger partial charge in [0.05, 0.1) is 5.69 Å². The van der Waals surface area contributed by atoms with Gasteiger partial charge in [0.25, 0.3) is 0 Å². The third kappa shape index (κ3) is 5.25. The number of nitrogens with zero attached hydrogens (tertiary/aromatic N) is 1. The first-order valence-corrected chi connectivity index (χ1v) is 8.11. The van der Waals surface area contributed by atoms with Gasteiger partial charge in [0.15, 0.2) is 5.11 Å². The Balaban J connectivity index is 1.64. The summed E-state index contributed by atoms with van der Waals surface area (Å²) in [5.74, 6) is -0.288. The van der Waals surface area contributed by atoms with Crippen LogP contribution in [0.4, 0.5) is 10.1 Å². The van der Waals surface area contributed by atoms with E-state index in [-0.39, 0.29) is 5.82 Å². The lowest BCUT2D eigenvalue weighted by Crippen LogP contribution is -2.39. The maximum absolute atomic E-state index is 13.5. The van der Waals surface area contributed by atoms with Crippen molar-refractivity contribution in [3.8, 4) is 0 Å². The Morgan fingerprint density at radius 1 is 1.38 bits per heavy atom. The van der Waals surface area contributed by atoms with Gasteiger partial charge in [-0.15, -0.1) is 0 Å². The highest BCUT2D eigenvalue weighted by atomic mass is 32.1. The van der Waals surface area contributed by atoms with Gasteiger partial charge in [-0.3, -0.25) is 0 Å². The van der Waals surface area contributed by atoms with Gasteiger partial charge in [-0.2, -0.15) is 0 Å². The van der Waals surface area contributed by atoms with E-state index in [2.05, 4.69) is 22.5 Å². The fraction of sp³-hybridized carbons (Fsp3) is 0.562. The zero-order valence-electron chi connectivity index (χ0n) is 12.6. The Hall–Kier alpha value is -1.20. The third-order valence-electron chi connectivity index (χ3n) is 3.97. The van der Waals surface area contributed by atoms with Crippen molar-refractivity contribution in [2.24, 2.45) is 0 Å². The maximum Gasteiger partial charge on any atom is 0.170 e. The van der Waals surface area contributed by atoms with Crippen LogP contribution in [0, 0.1) is 5.82 Å². The molecule has 3 nitrogen and oxygen atoms in total. The Labute approximate surface area is 131 Å². The normalized spacial score (nSPS) is 19.2. The fourth-order valence-corrected chi connectivity index (χ4v) is 2.91. The molecule has 1 atom stereocenters. The molecule has 0 radical (unpaired) electrons. The van der Waals surface area contributed by atoms with Crippen LogP contribution in [0.5, 0.6) is 0 Å². The number of likely N-dealkylation sites (tertiary alicyclic amines) is 1. The van der Waals surface area contributed by atoms with Gasteiger partial charge in [-0.25, -0.2) is 4.39 Å². The number of anilines is 1. The van der Waals surface area contributed by atoms with Gasteiger partial charge in [0, 0.05) is 19.1 Å². The van der Waals surface area contributed by atoms with E-state index in [9.17, 15) is 4.39 Å². The van der Waals surface area contributed by atoms with Crippen molar-refractivity contribution in [2.45, 2.75) is 38.6 Å². The van der Waals surface area contributed by atoms with Crippen LogP contribution in [-0.4, -0.2) is 35.7 Å². The third-order valence-corrected chi connectivity index (χ3v) is 4.22. The van der Waals surface area contributed by atoms with Crippen LogP contribution in [0.1, 0.15) is 32.6 Å². The highest BCUT2D eigenvalue weighted by Gasteiger charge is 2.17. The number of hydrogen-bond donors (Lipinski definition) is 2. The summed E-state index contributed by atoms with van der Waals surface area (Å²) in [7, 11) is 0. The summed E-state index contributed by atoms with van der Waals surface area (Å²) in [5, 5.41) is 6.51. The van der Waals surface area contributed by atoms with Gasteiger partial charge in [0.1, 0.15) is 5.82 Å². The molecule has 2 N–H and O–H groups in total. The molecule has 1 aliphatic heterocycles. The minimum Gasteiger partial charge on any atom is -0.362 e. The quantitative estimate of drug-likeness (QED) is 0.644. The molecule has 2 rings (SSSR count). The zero-order chi connectivity index (χ0) is 15.1. The minimum absolute atomic E-state index is 0.288. The Morgan fingerprint density at radius 3 is 2.95 bits per heavy atom. The lowest BCUT2D eigenvalue weighted by atomic mass is 10.0. The van der Waals surface area contributed by atoms with Crippen molar-refractivity contribution in [3.63, 3.8) is 0 Å². The smallest absolute Gasteiger partial charge is 0.170 e. The number of benzene rings is 1. The van der Waals surface area contributed by atoms with E-state index in [1.807, 2.05) is 0 Å². The molecule has 1 fully saturated rings. The van der Waals surface area contributed by atoms with Crippen LogP contribution < -0.4 is 10.6 Å². The van der Waals surface area contributed by atoms with Crippen LogP contribution in [0.15, 0.2) is 24.3 Å². The van der Waals surface area contributed by atoms with Crippen LogP contribution in [-0.2, 0) is 0 Å². The first-order chi connectivity index (χ1) is 10.2. The second-order valence-electron chi connectivity index (χ2n) is 5.60. The molecule has 1 aromatic carbocycles. The lowest BCUT2D eigenvalue weighted by Gasteiger charge is -2.33. The van der Waals surface area contributed by atoms with Crippen molar-refractivity contribution in [1.29, 1.82) is 0 Å². The van der Waals surface area contributed by atoms with E-state index in [4.69, 9.17) is 12.2 Å². The zero-order valence-corrected chi connectivity index (χ0v) is 13.4. The second-order valence-corrected chi connectivity index (χ2v) is 6.00. The molecule has 0 spiro atoms. The van der Waals surface area contributed by atoms with E-state index in [1.54, 1.807) is 18.2 Å². The van der Waals surface area contributed by atoms with E-state index in [1.165, 1.54) is 31.9 Å². The lowest BCUT2D eigenvalue weighted by molar-refractivity contribution is 0.159. The number of para-hydroxylation sites is 1. The topological polar surface area (TPSA) is 27.3 Å². The predicted molar refractivity (Wildman–Crippen MR) is 90.1 cm³/mol. The molecule has 0 saturated carbocycles. The molecule has 5 heteroatoms. The molecule has 0 amide bonds. The molecule has 1 heterocycles. The summed E-state index contributed by atoms with van der Waals surface area (Å²) in [6.07, 6.45) is 5.02. The molecule has 1 aromatic rings. The average Bonchev–Trinajstić information content (AvgIpc) is 2.48. The Morgan fingerprint density at radius 2 is 2.19 bits per heavy atom. The van der Waals surface area contributed by atoms with Crippen molar-refractivity contribution >= 4 is 23.0 Å². The molecule has 116 valence electrons. The number of rotatable bonds is 5. The molecule has 0 bridgehead atoms. The molecular weight excluding hydrogens is 285 g/mol. The van der Waals surface area contributed by atoms with Gasteiger partial charge in [0.2, 0.25) is 0 Å². The molecule has 1 aliphatic rings. The van der Waals surface area contributed by atoms with E-state index in [0.717, 1.165) is 19.5 Å². The summed E-state index contributed by atoms with van der Waals surface area (Å²) in [5.41, 5.74) is 0.416. The van der Waals surface area contributed by atoms with Crippen LogP contribution in [0.25, 0.3) is 0 Å². The molecule has 1 saturated heterocycles. The maximum atomic E-state index is 13.5. The first-order valence-electron chi connectivity index (χ1n) is 7.70. The van der Waals surface area contributed by atoms with Gasteiger partial charge in [-0.1, -0.05) is 18.6 Å². The summed E-state index contributed by atoms with van der Waals surface area (Å²) in [6.45, 7) is 5.41. The summed E-state index contributed by atoms with van der Waals surface area (Å²) in [4.78, 5) is 2.54. The Bertz CT molecular complexity index is 467. The van der Waals surface area contributed by atoms with Gasteiger partial charge < -0.3 is 15.5 Å². The van der Waals surface area contributed by atoms with Crippen LogP contribution >= 0.6 is 12.2 Å². The molecule has 0 unspecified atom stereocenters. The standard InChI is InChI=1S/C16H24FN3S/c1-13-7-4-5-11-20(13)12-6-10-18-16(21)19-15-9-3-2-8-14(15)17/h2-3,8-9,13H,4-7,10-12H2,1H3,(H2,18,19,21)/t13-/m0/s1. The number of hydrogen-bond acceptors (Lipinski definition) is 2. The summed E-state index contributed by atoms with van der Waals surface area (Å²) < 4.78 is 13.5. The second kappa shape index (κ2) is 8.29. The van der Waals surface area contributed by atoms with Crippen molar-refractivity contribution in [2.75, 3.05) is 25.0 Å². The summed E-state index contributed by atoms with van der Waals surface area (Å²) >= 11 is 5.19. The fourth-order valence-electron chi connectivity index (χ4n) is 2.70. The highest BCUT2D eigenvalue weighted by Crippen LogP contribution is 2.16. The van der Waals surface area contributed by atoms with Crippen LogP contribution in [0.2, 0.25) is 0 Å². The molecule has 0 aliphatic carbocycles. The number of piperidine rings is 1. The predicted octanol–water partition coefficient (Wildman–Crippen LogP) is 3.38. The molecular formula is C16H24FN3S. The summed E-state index contributed by atoms with van der Waals surface area (Å²) in [6, 6.07) is 7.24. The highest BCUT2D eigenvalue weighted by molar-refractivity contribution is 7.80. The average molecular weight is 309 g/mol. The van der Waals surface area contributed by atoms with Crippen molar-refractivity contribution in [3.05, 3.63) is 30.1 Å². The van der Waals surface area contributed by atoms with Gasteiger partial charge >= 0.3 is 0 Å². The first kappa shape index (κ1) is 16.2. The van der Waals surface area contributed by atoms with E-state index in [0.29, 0.717) is 16.8 Å². The van der Waals surface area contributed by atoms with Crippen LogP contribution in [0.3, 0.4) is 0 Å².